The maximum atomic E-state index is 12.9. The van der Waals surface area contributed by atoms with Gasteiger partial charge in [-0.3, -0.25) is 9.69 Å². The molecule has 0 spiro atoms. The molecule has 1 unspecified atom stereocenters. The molecule has 1 heterocycles. The number of thioether (sulfide) groups is 1. The average molecular weight is 424 g/mol. The maximum absolute atomic E-state index is 12.9. The smallest absolute Gasteiger partial charge is 0.242 e. The molecular weight excluding hydrogens is 398 g/mol. The molecular formula is C23H25N3O3S. The van der Waals surface area contributed by atoms with Gasteiger partial charge in [0.25, 0.3) is 0 Å². The molecule has 1 fully saturated rings. The molecule has 0 bridgehead atoms. The minimum atomic E-state index is -0.221. The molecule has 1 atom stereocenters. The Bertz CT molecular complexity index is 987. The number of rotatable bonds is 8. The summed E-state index contributed by atoms with van der Waals surface area (Å²) in [6.45, 7) is 6.21. The third-order valence-electron chi connectivity index (χ3n) is 4.59. The number of hydrogen-bond donors (Lipinski definition) is 0. The number of carbonyl (C=O) groups excluding carboxylic acids is 1. The average Bonchev–Trinajstić information content (AvgIpc) is 3.03. The van der Waals surface area contributed by atoms with Crippen molar-refractivity contribution in [3.05, 3.63) is 71.8 Å². The predicted molar refractivity (Wildman–Crippen MR) is 123 cm³/mol. The Morgan fingerprint density at radius 1 is 1.17 bits per heavy atom. The van der Waals surface area contributed by atoms with Crippen LogP contribution in [0.25, 0.3) is 0 Å². The second kappa shape index (κ2) is 10.1. The molecule has 6 nitrogen and oxygen atoms in total. The van der Waals surface area contributed by atoms with Crippen molar-refractivity contribution in [3.63, 3.8) is 0 Å². The van der Waals surface area contributed by atoms with Crippen LogP contribution in [0.4, 0.5) is 0 Å². The van der Waals surface area contributed by atoms with Crippen molar-refractivity contribution in [2.24, 2.45) is 10.2 Å². The molecule has 1 aliphatic heterocycles. The summed E-state index contributed by atoms with van der Waals surface area (Å²) in [7, 11) is 3.18. The summed E-state index contributed by atoms with van der Waals surface area (Å²) in [5.41, 5.74) is 3.13. The fraction of sp³-hybridized carbons (Fsp3) is 0.261. The van der Waals surface area contributed by atoms with Gasteiger partial charge in [0.2, 0.25) is 5.91 Å². The van der Waals surface area contributed by atoms with Crippen molar-refractivity contribution >= 4 is 29.1 Å². The summed E-state index contributed by atoms with van der Waals surface area (Å²) in [5, 5.41) is 8.86. The lowest BCUT2D eigenvalue weighted by Gasteiger charge is -2.13. The molecule has 30 heavy (non-hydrogen) atoms. The zero-order chi connectivity index (χ0) is 21.5. The van der Waals surface area contributed by atoms with E-state index in [0.29, 0.717) is 29.6 Å². The molecule has 3 rings (SSSR count). The van der Waals surface area contributed by atoms with E-state index >= 15 is 0 Å². The van der Waals surface area contributed by atoms with Gasteiger partial charge in [-0.05, 0) is 42.7 Å². The van der Waals surface area contributed by atoms with E-state index in [-0.39, 0.29) is 11.2 Å². The van der Waals surface area contributed by atoms with Gasteiger partial charge in [0.15, 0.2) is 16.7 Å². The van der Waals surface area contributed by atoms with E-state index in [1.54, 1.807) is 31.4 Å². The van der Waals surface area contributed by atoms with Gasteiger partial charge in [0.1, 0.15) is 0 Å². The summed E-state index contributed by atoms with van der Waals surface area (Å²) >= 11 is 1.44. The first kappa shape index (κ1) is 21.6. The van der Waals surface area contributed by atoms with E-state index in [9.17, 15) is 4.79 Å². The Hall–Kier alpha value is -3.06. The van der Waals surface area contributed by atoms with Gasteiger partial charge < -0.3 is 9.47 Å². The Morgan fingerprint density at radius 2 is 1.97 bits per heavy atom. The van der Waals surface area contributed by atoms with Gasteiger partial charge in [0, 0.05) is 6.54 Å². The molecule has 2 aromatic rings. The molecule has 0 aliphatic carbocycles. The molecule has 156 valence electrons. The number of amidine groups is 1. The van der Waals surface area contributed by atoms with Crippen LogP contribution in [-0.4, -0.2) is 48.2 Å². The number of carbonyl (C=O) groups is 1. The monoisotopic (exact) mass is 423 g/mol. The number of amides is 1. The number of ether oxygens (including phenoxy) is 2. The highest BCUT2D eigenvalue weighted by molar-refractivity contribution is 8.15. The van der Waals surface area contributed by atoms with Crippen LogP contribution >= 0.6 is 11.8 Å². The summed E-state index contributed by atoms with van der Waals surface area (Å²) in [5.74, 6) is 1.29. The van der Waals surface area contributed by atoms with Crippen LogP contribution < -0.4 is 9.47 Å². The van der Waals surface area contributed by atoms with Crippen molar-refractivity contribution in [3.8, 4) is 11.5 Å². The summed E-state index contributed by atoms with van der Waals surface area (Å²) in [6, 6.07) is 13.7. The number of hydrogen-bond acceptors (Lipinski definition) is 6. The van der Waals surface area contributed by atoms with Gasteiger partial charge in [-0.1, -0.05) is 47.7 Å². The molecule has 2 aromatic carbocycles. The molecule has 7 heteroatoms. The first-order valence-corrected chi connectivity index (χ1v) is 10.4. The Morgan fingerprint density at radius 3 is 2.67 bits per heavy atom. The zero-order valence-electron chi connectivity index (χ0n) is 17.4. The lowest BCUT2D eigenvalue weighted by atomic mass is 10.1. The minimum absolute atomic E-state index is 0.0291. The first-order chi connectivity index (χ1) is 14.5. The van der Waals surface area contributed by atoms with E-state index in [0.717, 1.165) is 11.1 Å². The second-order valence-electron chi connectivity index (χ2n) is 6.78. The quantitative estimate of drug-likeness (QED) is 0.365. The van der Waals surface area contributed by atoms with Crippen LogP contribution in [-0.2, 0) is 11.2 Å². The molecule has 0 saturated carbocycles. The van der Waals surface area contributed by atoms with E-state index < -0.39 is 0 Å². The van der Waals surface area contributed by atoms with Crippen LogP contribution in [0, 0.1) is 6.92 Å². The van der Waals surface area contributed by atoms with Crippen LogP contribution in [0.1, 0.15) is 16.7 Å². The molecule has 1 aliphatic rings. The van der Waals surface area contributed by atoms with Gasteiger partial charge in [-0.25, -0.2) is 0 Å². The third kappa shape index (κ3) is 5.10. The van der Waals surface area contributed by atoms with Gasteiger partial charge in [-0.2, -0.15) is 5.10 Å². The predicted octanol–water partition coefficient (Wildman–Crippen LogP) is 4.07. The Labute approximate surface area is 181 Å². The van der Waals surface area contributed by atoms with Crippen LogP contribution in [0.3, 0.4) is 0 Å². The van der Waals surface area contributed by atoms with Gasteiger partial charge in [-0.15, -0.1) is 11.7 Å². The highest BCUT2D eigenvalue weighted by Gasteiger charge is 2.37. The fourth-order valence-corrected chi connectivity index (χ4v) is 4.29. The number of aryl methyl sites for hydroxylation is 1. The highest BCUT2D eigenvalue weighted by Crippen LogP contribution is 2.30. The van der Waals surface area contributed by atoms with Crippen molar-refractivity contribution in [2.75, 3.05) is 20.8 Å². The van der Waals surface area contributed by atoms with E-state index in [4.69, 9.17) is 9.47 Å². The molecule has 0 N–H and O–H groups in total. The molecule has 1 saturated heterocycles. The van der Waals surface area contributed by atoms with Gasteiger partial charge >= 0.3 is 0 Å². The van der Waals surface area contributed by atoms with E-state index in [1.165, 1.54) is 17.3 Å². The van der Waals surface area contributed by atoms with Crippen LogP contribution in [0.2, 0.25) is 0 Å². The van der Waals surface area contributed by atoms with Crippen molar-refractivity contribution < 1.29 is 14.3 Å². The second-order valence-corrected chi connectivity index (χ2v) is 7.95. The largest absolute Gasteiger partial charge is 0.493 e. The minimum Gasteiger partial charge on any atom is -0.493 e. The van der Waals surface area contributed by atoms with Crippen LogP contribution in [0.15, 0.2) is 65.3 Å². The van der Waals surface area contributed by atoms with E-state index in [2.05, 4.69) is 22.8 Å². The normalized spacial score (nSPS) is 17.7. The Balaban J connectivity index is 1.77. The van der Waals surface area contributed by atoms with Crippen molar-refractivity contribution in [2.45, 2.75) is 18.6 Å². The first-order valence-electron chi connectivity index (χ1n) is 9.53. The van der Waals surface area contributed by atoms with Crippen molar-refractivity contribution in [1.29, 1.82) is 0 Å². The topological polar surface area (TPSA) is 63.5 Å². The third-order valence-corrected chi connectivity index (χ3v) is 5.76. The lowest BCUT2D eigenvalue weighted by molar-refractivity contribution is -0.125. The molecule has 1 amide bonds. The van der Waals surface area contributed by atoms with Crippen LogP contribution in [0.5, 0.6) is 11.5 Å². The highest BCUT2D eigenvalue weighted by atomic mass is 32.2. The SMILES string of the molecule is C=CCN1C(=O)C(Cc2cccc(C)c2)S/C1=N/N=C/c1ccc(OC)c(OC)c1. The maximum Gasteiger partial charge on any atom is 0.242 e. The number of nitrogens with zero attached hydrogens (tertiary/aromatic N) is 3. The molecule has 0 aromatic heterocycles. The standard InChI is InChI=1S/C23H25N3O3S/c1-5-11-26-22(27)21(14-17-8-6-7-16(2)12-17)30-23(26)25-24-15-18-9-10-19(28-3)20(13-18)29-4/h5-10,12-13,15,21H,1,11,14H2,2-4H3/b24-15+,25-23+. The van der Waals surface area contributed by atoms with Crippen molar-refractivity contribution in [1.82, 2.24) is 4.90 Å². The van der Waals surface area contributed by atoms with Gasteiger partial charge in [0.05, 0.1) is 25.7 Å². The number of methoxy groups -OCH3 is 2. The summed E-state index contributed by atoms with van der Waals surface area (Å²) in [6.07, 6.45) is 3.97. The summed E-state index contributed by atoms with van der Waals surface area (Å²) in [4.78, 5) is 14.5. The zero-order valence-corrected chi connectivity index (χ0v) is 18.2. The lowest BCUT2D eigenvalue weighted by Crippen LogP contribution is -2.32. The fourth-order valence-electron chi connectivity index (χ4n) is 3.14. The Kier molecular flexibility index (Phi) is 7.30. The summed E-state index contributed by atoms with van der Waals surface area (Å²) < 4.78 is 10.6. The van der Waals surface area contributed by atoms with E-state index in [1.807, 2.05) is 43.3 Å². The number of benzene rings is 2. The molecule has 0 radical (unpaired) electrons.